The zero-order valence-corrected chi connectivity index (χ0v) is 8.84. The molecule has 0 heterocycles. The first kappa shape index (κ1) is 10.1. The average molecular weight is 244 g/mol. The molecule has 0 radical (unpaired) electrons. The molecule has 0 unspecified atom stereocenters. The molecule has 0 aromatic heterocycles. The highest BCUT2D eigenvalue weighted by Gasteiger charge is 2.08. The fraction of sp³-hybridized carbons (Fsp3) is 0.222. The summed E-state index contributed by atoms with van der Waals surface area (Å²) in [7, 11) is 1.50. The van der Waals surface area contributed by atoms with E-state index in [1.165, 1.54) is 7.11 Å². The summed E-state index contributed by atoms with van der Waals surface area (Å²) in [6.45, 7) is 1.68. The lowest BCUT2D eigenvalue weighted by Crippen LogP contribution is -2.24. The molecule has 3 nitrogen and oxygen atoms in total. The van der Waals surface area contributed by atoms with Gasteiger partial charge >= 0.3 is 0 Å². The Bertz CT molecular complexity index is 347. The van der Waals surface area contributed by atoms with Gasteiger partial charge in [0.05, 0.1) is 13.1 Å². The van der Waals surface area contributed by atoms with Crippen LogP contribution >= 0.6 is 15.9 Å². The first-order chi connectivity index (χ1) is 6.07. The maximum absolute atomic E-state index is 10.7. The SMILES string of the molecule is COc1ccc(Br)c(C(=O)[O-])c1C. The van der Waals surface area contributed by atoms with Crippen LogP contribution < -0.4 is 9.84 Å². The summed E-state index contributed by atoms with van der Waals surface area (Å²) >= 11 is 3.13. The van der Waals surface area contributed by atoms with Crippen LogP contribution in [0.1, 0.15) is 15.9 Å². The minimum atomic E-state index is -1.21. The lowest BCUT2D eigenvalue weighted by atomic mass is 10.1. The number of carbonyl (C=O) groups is 1. The van der Waals surface area contributed by atoms with E-state index in [9.17, 15) is 9.90 Å². The zero-order valence-electron chi connectivity index (χ0n) is 7.26. The average Bonchev–Trinajstić information content (AvgIpc) is 2.04. The Morgan fingerprint density at radius 3 is 2.62 bits per heavy atom. The van der Waals surface area contributed by atoms with Gasteiger partial charge in [-0.05, 0) is 19.1 Å². The fourth-order valence-electron chi connectivity index (χ4n) is 1.13. The predicted molar refractivity (Wildman–Crippen MR) is 49.8 cm³/mol. The molecule has 0 aliphatic carbocycles. The Hall–Kier alpha value is -1.03. The standard InChI is InChI=1S/C9H9BrO3/c1-5-7(13-2)4-3-6(10)8(5)9(11)12/h3-4H,1-2H3,(H,11,12)/p-1. The van der Waals surface area contributed by atoms with Gasteiger partial charge in [-0.15, -0.1) is 0 Å². The van der Waals surface area contributed by atoms with Crippen LogP contribution in [0.4, 0.5) is 0 Å². The van der Waals surface area contributed by atoms with Crippen molar-refractivity contribution >= 4 is 21.9 Å². The van der Waals surface area contributed by atoms with E-state index in [4.69, 9.17) is 4.74 Å². The Morgan fingerprint density at radius 2 is 2.15 bits per heavy atom. The number of halogens is 1. The van der Waals surface area contributed by atoms with Crippen molar-refractivity contribution in [2.24, 2.45) is 0 Å². The number of rotatable bonds is 2. The Labute approximate surface area is 84.5 Å². The first-order valence-corrected chi connectivity index (χ1v) is 4.41. The molecule has 4 heteroatoms. The molecule has 1 rings (SSSR count). The van der Waals surface area contributed by atoms with Crippen LogP contribution in [-0.2, 0) is 0 Å². The van der Waals surface area contributed by atoms with Crippen molar-refractivity contribution in [1.29, 1.82) is 0 Å². The summed E-state index contributed by atoms with van der Waals surface area (Å²) in [5.41, 5.74) is 0.705. The van der Waals surface area contributed by atoms with Gasteiger partial charge < -0.3 is 14.6 Å². The number of hydrogen-bond acceptors (Lipinski definition) is 3. The van der Waals surface area contributed by atoms with Crippen molar-refractivity contribution in [3.05, 3.63) is 27.7 Å². The highest BCUT2D eigenvalue weighted by atomic mass is 79.9. The fourth-order valence-corrected chi connectivity index (χ4v) is 1.72. The van der Waals surface area contributed by atoms with Crippen LogP contribution in [0.2, 0.25) is 0 Å². The van der Waals surface area contributed by atoms with Gasteiger partial charge in [0.1, 0.15) is 5.75 Å². The number of benzene rings is 1. The largest absolute Gasteiger partial charge is 0.545 e. The molecule has 0 aliphatic heterocycles. The molecule has 1 aromatic rings. The van der Waals surface area contributed by atoms with E-state index in [1.807, 2.05) is 0 Å². The molecule has 0 saturated carbocycles. The molecular formula is C9H8BrO3-. The Morgan fingerprint density at radius 1 is 1.54 bits per heavy atom. The number of ether oxygens (including phenoxy) is 1. The third-order valence-corrected chi connectivity index (χ3v) is 2.45. The quantitative estimate of drug-likeness (QED) is 0.783. The molecule has 0 N–H and O–H groups in total. The number of hydrogen-bond donors (Lipinski definition) is 0. The van der Waals surface area contributed by atoms with Gasteiger partial charge in [-0.25, -0.2) is 0 Å². The number of carboxylic acid groups (broad SMARTS) is 1. The third-order valence-electron chi connectivity index (χ3n) is 1.79. The van der Waals surface area contributed by atoms with Crippen molar-refractivity contribution in [3.8, 4) is 5.75 Å². The maximum Gasteiger partial charge on any atom is 0.122 e. The first-order valence-electron chi connectivity index (χ1n) is 3.62. The molecule has 0 saturated heterocycles. The second-order valence-corrected chi connectivity index (χ2v) is 3.39. The van der Waals surface area contributed by atoms with Crippen molar-refractivity contribution in [3.63, 3.8) is 0 Å². The summed E-state index contributed by atoms with van der Waals surface area (Å²) < 4.78 is 5.48. The van der Waals surface area contributed by atoms with Gasteiger partial charge in [-0.2, -0.15) is 0 Å². The predicted octanol–water partition coefficient (Wildman–Crippen LogP) is 1.13. The van der Waals surface area contributed by atoms with Gasteiger partial charge in [0.25, 0.3) is 0 Å². The van der Waals surface area contributed by atoms with Gasteiger partial charge in [0, 0.05) is 15.6 Å². The van der Waals surface area contributed by atoms with Gasteiger partial charge in [0.2, 0.25) is 0 Å². The summed E-state index contributed by atoms with van der Waals surface area (Å²) in [5, 5.41) is 10.7. The molecular weight excluding hydrogens is 236 g/mol. The van der Waals surface area contributed by atoms with E-state index in [-0.39, 0.29) is 5.56 Å². The van der Waals surface area contributed by atoms with Crippen LogP contribution in [0.25, 0.3) is 0 Å². The molecule has 1 aromatic carbocycles. The Balaban J connectivity index is 3.38. The Kier molecular flexibility index (Phi) is 2.93. The molecule has 70 valence electrons. The molecule has 0 atom stereocenters. The van der Waals surface area contributed by atoms with E-state index in [0.29, 0.717) is 15.8 Å². The highest BCUT2D eigenvalue weighted by molar-refractivity contribution is 9.10. The molecule has 0 amide bonds. The molecule has 13 heavy (non-hydrogen) atoms. The summed E-state index contributed by atoms with van der Waals surface area (Å²) in [6, 6.07) is 3.32. The number of carboxylic acids is 1. The third kappa shape index (κ3) is 1.83. The minimum absolute atomic E-state index is 0.138. The van der Waals surface area contributed by atoms with Gasteiger partial charge in [0.15, 0.2) is 0 Å². The van der Waals surface area contributed by atoms with E-state index < -0.39 is 5.97 Å². The summed E-state index contributed by atoms with van der Waals surface area (Å²) in [6.07, 6.45) is 0. The van der Waals surface area contributed by atoms with E-state index in [2.05, 4.69) is 15.9 Å². The van der Waals surface area contributed by atoms with Crippen molar-refractivity contribution in [2.75, 3.05) is 7.11 Å². The minimum Gasteiger partial charge on any atom is -0.545 e. The molecule has 0 bridgehead atoms. The molecule has 0 spiro atoms. The van der Waals surface area contributed by atoms with Crippen LogP contribution in [0.3, 0.4) is 0 Å². The summed E-state index contributed by atoms with van der Waals surface area (Å²) in [4.78, 5) is 10.7. The zero-order chi connectivity index (χ0) is 10.0. The van der Waals surface area contributed by atoms with E-state index in [0.717, 1.165) is 0 Å². The smallest absolute Gasteiger partial charge is 0.122 e. The second kappa shape index (κ2) is 3.79. The molecule has 0 aliphatic rings. The van der Waals surface area contributed by atoms with Crippen LogP contribution in [0.15, 0.2) is 16.6 Å². The van der Waals surface area contributed by atoms with Crippen LogP contribution in [-0.4, -0.2) is 13.1 Å². The second-order valence-electron chi connectivity index (χ2n) is 2.54. The maximum atomic E-state index is 10.7. The lowest BCUT2D eigenvalue weighted by molar-refractivity contribution is -0.255. The molecule has 0 fully saturated rings. The summed E-state index contributed by atoms with van der Waals surface area (Å²) in [5.74, 6) is -0.661. The van der Waals surface area contributed by atoms with Crippen LogP contribution in [0.5, 0.6) is 5.75 Å². The topological polar surface area (TPSA) is 49.4 Å². The van der Waals surface area contributed by atoms with Crippen molar-refractivity contribution in [1.82, 2.24) is 0 Å². The number of methoxy groups -OCH3 is 1. The van der Waals surface area contributed by atoms with E-state index >= 15 is 0 Å². The van der Waals surface area contributed by atoms with Crippen molar-refractivity contribution in [2.45, 2.75) is 6.92 Å². The van der Waals surface area contributed by atoms with E-state index in [1.54, 1.807) is 19.1 Å². The highest BCUT2D eigenvalue weighted by Crippen LogP contribution is 2.27. The lowest BCUT2D eigenvalue weighted by Gasteiger charge is -2.12. The van der Waals surface area contributed by atoms with Crippen LogP contribution in [0, 0.1) is 6.92 Å². The number of carbonyl (C=O) groups excluding carboxylic acids is 1. The normalized spacial score (nSPS) is 9.77. The van der Waals surface area contributed by atoms with Crippen molar-refractivity contribution < 1.29 is 14.6 Å². The monoisotopic (exact) mass is 243 g/mol. The number of aromatic carboxylic acids is 1. The van der Waals surface area contributed by atoms with Gasteiger partial charge in [-0.1, -0.05) is 15.9 Å². The van der Waals surface area contributed by atoms with Gasteiger partial charge in [-0.3, -0.25) is 0 Å².